The molecule has 15 heavy (non-hydrogen) atoms. The van der Waals surface area contributed by atoms with Crippen LogP contribution in [0.15, 0.2) is 11.6 Å². The standard InChI is InChI=1S/C12H21ClN2/c1-10(13)7-15-9-12-5-3-4-6-14(12)8-11(15)2/h11-12H,1,3-9H2,2H3. The van der Waals surface area contributed by atoms with Gasteiger partial charge in [-0.3, -0.25) is 9.80 Å². The Bertz CT molecular complexity index is 242. The van der Waals surface area contributed by atoms with E-state index in [-0.39, 0.29) is 0 Å². The Labute approximate surface area is 97.9 Å². The van der Waals surface area contributed by atoms with Crippen molar-refractivity contribution in [3.63, 3.8) is 0 Å². The highest BCUT2D eigenvalue weighted by molar-refractivity contribution is 6.29. The third-order valence-electron chi connectivity index (χ3n) is 3.69. The van der Waals surface area contributed by atoms with Gasteiger partial charge in [-0.1, -0.05) is 24.6 Å². The van der Waals surface area contributed by atoms with Crippen molar-refractivity contribution in [2.75, 3.05) is 26.2 Å². The van der Waals surface area contributed by atoms with E-state index >= 15 is 0 Å². The Balaban J connectivity index is 1.95. The molecule has 2 fully saturated rings. The van der Waals surface area contributed by atoms with Crippen molar-refractivity contribution in [1.29, 1.82) is 0 Å². The Kier molecular flexibility index (Phi) is 3.70. The molecule has 3 heteroatoms. The van der Waals surface area contributed by atoms with Gasteiger partial charge in [-0.05, 0) is 26.3 Å². The van der Waals surface area contributed by atoms with Crippen molar-refractivity contribution in [2.24, 2.45) is 0 Å². The summed E-state index contributed by atoms with van der Waals surface area (Å²) in [5, 5.41) is 0.770. The summed E-state index contributed by atoms with van der Waals surface area (Å²) in [5.74, 6) is 0. The van der Waals surface area contributed by atoms with Crippen LogP contribution in [0.1, 0.15) is 26.2 Å². The zero-order valence-electron chi connectivity index (χ0n) is 9.58. The van der Waals surface area contributed by atoms with E-state index in [1.165, 1.54) is 38.9 Å². The topological polar surface area (TPSA) is 6.48 Å². The lowest BCUT2D eigenvalue weighted by Gasteiger charge is -2.47. The first-order valence-corrected chi connectivity index (χ1v) is 6.36. The van der Waals surface area contributed by atoms with Crippen LogP contribution >= 0.6 is 11.6 Å². The summed E-state index contributed by atoms with van der Waals surface area (Å²) in [4.78, 5) is 5.13. The fourth-order valence-corrected chi connectivity index (χ4v) is 3.01. The number of fused-ring (bicyclic) bond motifs is 1. The second kappa shape index (κ2) is 4.86. The molecule has 0 aromatic heterocycles. The van der Waals surface area contributed by atoms with Gasteiger partial charge in [0.15, 0.2) is 0 Å². The quantitative estimate of drug-likeness (QED) is 0.716. The molecule has 2 atom stereocenters. The van der Waals surface area contributed by atoms with E-state index in [0.29, 0.717) is 6.04 Å². The van der Waals surface area contributed by atoms with E-state index in [9.17, 15) is 0 Å². The summed E-state index contributed by atoms with van der Waals surface area (Å²) >= 11 is 5.90. The minimum Gasteiger partial charge on any atom is -0.298 e. The van der Waals surface area contributed by atoms with Crippen LogP contribution in [0.25, 0.3) is 0 Å². The third kappa shape index (κ3) is 2.74. The van der Waals surface area contributed by atoms with Crippen LogP contribution in [0.4, 0.5) is 0 Å². The molecule has 2 heterocycles. The normalized spacial score (nSPS) is 33.7. The van der Waals surface area contributed by atoms with Crippen molar-refractivity contribution in [2.45, 2.75) is 38.3 Å². The van der Waals surface area contributed by atoms with Crippen LogP contribution in [0.2, 0.25) is 0 Å². The monoisotopic (exact) mass is 228 g/mol. The van der Waals surface area contributed by atoms with Crippen LogP contribution in [0.3, 0.4) is 0 Å². The summed E-state index contributed by atoms with van der Waals surface area (Å²) < 4.78 is 0. The number of piperazine rings is 1. The second-order valence-corrected chi connectivity index (χ2v) is 5.47. The van der Waals surface area contributed by atoms with Crippen LogP contribution in [0, 0.1) is 0 Å². The highest BCUT2D eigenvalue weighted by Crippen LogP contribution is 2.24. The number of halogens is 1. The van der Waals surface area contributed by atoms with Crippen molar-refractivity contribution in [3.05, 3.63) is 11.6 Å². The summed E-state index contributed by atoms with van der Waals surface area (Å²) in [5.41, 5.74) is 0. The van der Waals surface area contributed by atoms with Gasteiger partial charge in [-0.25, -0.2) is 0 Å². The zero-order valence-corrected chi connectivity index (χ0v) is 10.3. The number of nitrogens with zero attached hydrogens (tertiary/aromatic N) is 2. The van der Waals surface area contributed by atoms with E-state index < -0.39 is 0 Å². The van der Waals surface area contributed by atoms with Crippen molar-refractivity contribution in [1.82, 2.24) is 9.80 Å². The molecule has 2 saturated heterocycles. The van der Waals surface area contributed by atoms with Gasteiger partial charge in [0.25, 0.3) is 0 Å². The SMILES string of the molecule is C=C(Cl)CN1CC2CCCCN2CC1C. The third-order valence-corrected chi connectivity index (χ3v) is 3.81. The molecule has 2 nitrogen and oxygen atoms in total. The lowest BCUT2D eigenvalue weighted by molar-refractivity contribution is 0.0211. The molecule has 0 spiro atoms. The maximum absolute atomic E-state index is 5.90. The number of rotatable bonds is 2. The number of hydrogen-bond acceptors (Lipinski definition) is 2. The highest BCUT2D eigenvalue weighted by Gasteiger charge is 2.32. The molecule has 0 amide bonds. The zero-order chi connectivity index (χ0) is 10.8. The van der Waals surface area contributed by atoms with Gasteiger partial charge in [-0.15, -0.1) is 0 Å². The lowest BCUT2D eigenvalue weighted by atomic mass is 9.97. The smallest absolute Gasteiger partial charge is 0.0339 e. The Hall–Kier alpha value is -0.0500. The molecule has 0 saturated carbocycles. The average Bonchev–Trinajstić information content (AvgIpc) is 2.18. The lowest BCUT2D eigenvalue weighted by Crippen LogP contribution is -2.58. The maximum atomic E-state index is 5.90. The van der Waals surface area contributed by atoms with Gasteiger partial charge in [0.1, 0.15) is 0 Å². The maximum Gasteiger partial charge on any atom is 0.0339 e. The van der Waals surface area contributed by atoms with Crippen molar-refractivity contribution in [3.8, 4) is 0 Å². The van der Waals surface area contributed by atoms with Crippen LogP contribution in [-0.2, 0) is 0 Å². The summed E-state index contributed by atoms with van der Waals surface area (Å²) in [7, 11) is 0. The molecule has 2 aliphatic heterocycles. The summed E-state index contributed by atoms with van der Waals surface area (Å²) in [6, 6.07) is 1.39. The molecule has 0 aliphatic carbocycles. The predicted molar refractivity (Wildman–Crippen MR) is 65.2 cm³/mol. The average molecular weight is 229 g/mol. The highest BCUT2D eigenvalue weighted by atomic mass is 35.5. The van der Waals surface area contributed by atoms with Gasteiger partial charge in [-0.2, -0.15) is 0 Å². The Morgan fingerprint density at radius 3 is 2.93 bits per heavy atom. The molecule has 2 aliphatic rings. The molecule has 0 aromatic rings. The largest absolute Gasteiger partial charge is 0.298 e. The van der Waals surface area contributed by atoms with E-state index in [1.54, 1.807) is 0 Å². The van der Waals surface area contributed by atoms with Crippen molar-refractivity contribution < 1.29 is 0 Å². The molecule has 86 valence electrons. The van der Waals surface area contributed by atoms with Gasteiger partial charge in [0.2, 0.25) is 0 Å². The fraction of sp³-hybridized carbons (Fsp3) is 0.833. The number of piperidine rings is 1. The molecule has 0 aromatic carbocycles. The molecular formula is C12H21ClN2. The van der Waals surface area contributed by atoms with Gasteiger partial charge in [0, 0.05) is 36.8 Å². The van der Waals surface area contributed by atoms with Gasteiger partial charge < -0.3 is 0 Å². The van der Waals surface area contributed by atoms with Crippen LogP contribution < -0.4 is 0 Å². The van der Waals surface area contributed by atoms with E-state index in [0.717, 1.165) is 17.6 Å². The van der Waals surface area contributed by atoms with Crippen LogP contribution in [0.5, 0.6) is 0 Å². The number of hydrogen-bond donors (Lipinski definition) is 0. The summed E-state index contributed by atoms with van der Waals surface area (Å²) in [6.45, 7) is 10.6. The molecule has 0 radical (unpaired) electrons. The van der Waals surface area contributed by atoms with Crippen LogP contribution in [-0.4, -0.2) is 48.1 Å². The predicted octanol–water partition coefficient (Wildman–Crippen LogP) is 2.30. The first-order chi connectivity index (χ1) is 7.16. The fourth-order valence-electron chi connectivity index (χ4n) is 2.85. The molecular weight excluding hydrogens is 208 g/mol. The van der Waals surface area contributed by atoms with Crippen molar-refractivity contribution >= 4 is 11.6 Å². The molecule has 2 rings (SSSR count). The van der Waals surface area contributed by atoms with E-state index in [1.807, 2.05) is 0 Å². The minimum atomic E-state index is 0.620. The minimum absolute atomic E-state index is 0.620. The second-order valence-electron chi connectivity index (χ2n) is 4.94. The molecule has 0 bridgehead atoms. The van der Waals surface area contributed by atoms with Gasteiger partial charge >= 0.3 is 0 Å². The molecule has 0 N–H and O–H groups in total. The Morgan fingerprint density at radius 2 is 2.20 bits per heavy atom. The molecule has 2 unspecified atom stereocenters. The summed E-state index contributed by atoms with van der Waals surface area (Å²) in [6.07, 6.45) is 4.13. The van der Waals surface area contributed by atoms with Gasteiger partial charge in [0.05, 0.1) is 0 Å². The van der Waals surface area contributed by atoms with E-state index in [2.05, 4.69) is 23.3 Å². The van der Waals surface area contributed by atoms with E-state index in [4.69, 9.17) is 11.6 Å². The Morgan fingerprint density at radius 1 is 1.40 bits per heavy atom. The first kappa shape index (κ1) is 11.4. The first-order valence-electron chi connectivity index (χ1n) is 5.98.